The van der Waals surface area contributed by atoms with Crippen molar-refractivity contribution in [3.8, 4) is 5.69 Å². The molecule has 0 bridgehead atoms. The Morgan fingerprint density at radius 1 is 0.742 bits per heavy atom. The van der Waals surface area contributed by atoms with Crippen LogP contribution in [0.3, 0.4) is 0 Å². The van der Waals surface area contributed by atoms with E-state index >= 15 is 0 Å². The lowest BCUT2D eigenvalue weighted by molar-refractivity contribution is 0.626. The molecular formula is C22H14Cl2F3N3S. The largest absolute Gasteiger partial charge is 0.274 e. The highest BCUT2D eigenvalue weighted by Crippen LogP contribution is 2.30. The zero-order chi connectivity index (χ0) is 22.0. The molecule has 0 fully saturated rings. The lowest BCUT2D eigenvalue weighted by Crippen LogP contribution is -2.04. The zero-order valence-corrected chi connectivity index (χ0v) is 18.2. The van der Waals surface area contributed by atoms with Crippen LogP contribution in [0.5, 0.6) is 0 Å². The van der Waals surface area contributed by atoms with Crippen molar-refractivity contribution in [3.63, 3.8) is 0 Å². The Morgan fingerprint density at radius 3 is 1.94 bits per heavy atom. The van der Waals surface area contributed by atoms with Crippen LogP contribution in [0.2, 0.25) is 10.0 Å². The number of benzene rings is 3. The van der Waals surface area contributed by atoms with Crippen LogP contribution in [-0.2, 0) is 12.2 Å². The molecule has 4 rings (SSSR count). The monoisotopic (exact) mass is 479 g/mol. The van der Waals surface area contributed by atoms with Gasteiger partial charge in [0.2, 0.25) is 0 Å². The van der Waals surface area contributed by atoms with Gasteiger partial charge >= 0.3 is 0 Å². The van der Waals surface area contributed by atoms with Crippen LogP contribution in [0.25, 0.3) is 5.69 Å². The molecular weight excluding hydrogens is 466 g/mol. The molecule has 158 valence electrons. The van der Waals surface area contributed by atoms with E-state index < -0.39 is 11.6 Å². The normalized spacial score (nSPS) is 11.1. The highest BCUT2D eigenvalue weighted by Gasteiger charge is 2.17. The molecule has 0 aliphatic heterocycles. The topological polar surface area (TPSA) is 30.7 Å². The molecule has 31 heavy (non-hydrogen) atoms. The van der Waals surface area contributed by atoms with Crippen LogP contribution < -0.4 is 0 Å². The Labute approximate surface area is 190 Å². The molecule has 1 heterocycles. The third-order valence-corrected chi connectivity index (χ3v) is 6.20. The third-order valence-electron chi connectivity index (χ3n) is 4.52. The van der Waals surface area contributed by atoms with Crippen molar-refractivity contribution in [3.05, 3.63) is 105 Å². The average molecular weight is 480 g/mol. The summed E-state index contributed by atoms with van der Waals surface area (Å²) in [5.41, 5.74) is 2.08. The summed E-state index contributed by atoms with van der Waals surface area (Å²) in [4.78, 5) is 0. The number of thioether (sulfide) groups is 1. The lowest BCUT2D eigenvalue weighted by atomic mass is 10.1. The first-order valence-electron chi connectivity index (χ1n) is 9.11. The van der Waals surface area contributed by atoms with Crippen molar-refractivity contribution in [2.24, 2.45) is 0 Å². The molecule has 0 saturated heterocycles. The van der Waals surface area contributed by atoms with Crippen molar-refractivity contribution in [1.29, 1.82) is 0 Å². The van der Waals surface area contributed by atoms with Crippen molar-refractivity contribution < 1.29 is 13.2 Å². The Morgan fingerprint density at radius 2 is 1.32 bits per heavy atom. The van der Waals surface area contributed by atoms with E-state index in [9.17, 15) is 13.2 Å². The Kier molecular flexibility index (Phi) is 6.55. The molecule has 0 N–H and O–H groups in total. The highest BCUT2D eigenvalue weighted by molar-refractivity contribution is 7.98. The first-order chi connectivity index (χ1) is 14.9. The first-order valence-corrected chi connectivity index (χ1v) is 10.9. The predicted octanol–water partition coefficient (Wildman–Crippen LogP) is 6.87. The maximum Gasteiger partial charge on any atom is 0.196 e. The number of aromatic nitrogens is 3. The van der Waals surface area contributed by atoms with E-state index in [2.05, 4.69) is 10.2 Å². The van der Waals surface area contributed by atoms with Gasteiger partial charge in [0, 0.05) is 27.9 Å². The quantitative estimate of drug-likeness (QED) is 0.282. The summed E-state index contributed by atoms with van der Waals surface area (Å²) in [6.07, 6.45) is 0.293. The average Bonchev–Trinajstić information content (AvgIpc) is 3.12. The minimum absolute atomic E-state index is 0.279. The third kappa shape index (κ3) is 5.06. The minimum Gasteiger partial charge on any atom is -0.274 e. The second-order valence-corrected chi connectivity index (χ2v) is 8.40. The van der Waals surface area contributed by atoms with Crippen molar-refractivity contribution in [2.75, 3.05) is 0 Å². The fraction of sp³-hybridized carbons (Fsp3) is 0.0909. The van der Waals surface area contributed by atoms with Crippen molar-refractivity contribution in [2.45, 2.75) is 17.3 Å². The molecule has 0 atom stereocenters. The summed E-state index contributed by atoms with van der Waals surface area (Å²) in [6, 6.07) is 14.3. The summed E-state index contributed by atoms with van der Waals surface area (Å²) in [6.45, 7) is 0. The van der Waals surface area contributed by atoms with Crippen LogP contribution in [-0.4, -0.2) is 14.8 Å². The van der Waals surface area contributed by atoms with E-state index in [1.165, 1.54) is 48.2 Å². The Hall–Kier alpha value is -2.48. The van der Waals surface area contributed by atoms with E-state index in [4.69, 9.17) is 23.2 Å². The molecule has 1 aromatic heterocycles. The van der Waals surface area contributed by atoms with Gasteiger partial charge in [-0.2, -0.15) is 0 Å². The molecule has 0 amide bonds. The maximum absolute atomic E-state index is 13.5. The summed E-state index contributed by atoms with van der Waals surface area (Å²) in [5, 5.41) is 9.68. The van der Waals surface area contributed by atoms with Crippen LogP contribution >= 0.6 is 35.0 Å². The number of halogens is 5. The van der Waals surface area contributed by atoms with Crippen LogP contribution in [0.1, 0.15) is 17.0 Å². The SMILES string of the molecule is Fc1ccc(-n2c(Cc3ccc(F)cc3Cl)nnc2SCc2ccc(F)cc2Cl)cc1. The van der Waals surface area contributed by atoms with Gasteiger partial charge in [-0.15, -0.1) is 10.2 Å². The molecule has 0 spiro atoms. The van der Waals surface area contributed by atoms with E-state index in [-0.39, 0.29) is 10.8 Å². The van der Waals surface area contributed by atoms with Crippen molar-refractivity contribution >= 4 is 35.0 Å². The van der Waals surface area contributed by atoms with Gasteiger partial charge in [-0.25, -0.2) is 13.2 Å². The number of rotatable bonds is 6. The van der Waals surface area contributed by atoms with Gasteiger partial charge in [0.15, 0.2) is 5.16 Å². The molecule has 9 heteroatoms. The molecule has 3 aromatic carbocycles. The second-order valence-electron chi connectivity index (χ2n) is 6.65. The second kappa shape index (κ2) is 9.34. The van der Waals surface area contributed by atoms with Gasteiger partial charge in [0.05, 0.1) is 0 Å². The molecule has 4 aromatic rings. The summed E-state index contributed by atoms with van der Waals surface area (Å²) in [5.74, 6) is -0.233. The van der Waals surface area contributed by atoms with E-state index in [0.29, 0.717) is 39.4 Å². The minimum atomic E-state index is -0.429. The molecule has 0 unspecified atom stereocenters. The van der Waals surface area contributed by atoms with Gasteiger partial charge in [0.25, 0.3) is 0 Å². The fourth-order valence-electron chi connectivity index (χ4n) is 2.97. The molecule has 0 aliphatic carbocycles. The summed E-state index contributed by atoms with van der Waals surface area (Å²) >= 11 is 13.7. The van der Waals surface area contributed by atoms with E-state index in [1.54, 1.807) is 28.8 Å². The molecule has 3 nitrogen and oxygen atoms in total. The zero-order valence-electron chi connectivity index (χ0n) is 15.8. The molecule has 0 saturated carbocycles. The fourth-order valence-corrected chi connectivity index (χ4v) is 4.50. The molecule has 0 aliphatic rings. The van der Waals surface area contributed by atoms with Gasteiger partial charge in [-0.05, 0) is 59.7 Å². The van der Waals surface area contributed by atoms with Gasteiger partial charge in [-0.3, -0.25) is 4.57 Å². The standard InChI is InChI=1S/C22H14Cl2F3N3S/c23-19-10-16(26)3-1-13(19)9-21-28-29-22(30(21)18-7-5-15(25)6-8-18)31-12-14-2-4-17(27)11-20(14)24/h1-8,10-11H,9,12H2. The number of hydrogen-bond acceptors (Lipinski definition) is 3. The Bertz CT molecular complexity index is 1230. The van der Waals surface area contributed by atoms with E-state index in [1.807, 2.05) is 0 Å². The lowest BCUT2D eigenvalue weighted by Gasteiger charge is -2.11. The summed E-state index contributed by atoms with van der Waals surface area (Å²) in [7, 11) is 0. The van der Waals surface area contributed by atoms with E-state index in [0.717, 1.165) is 5.56 Å². The first kappa shape index (κ1) is 21.7. The van der Waals surface area contributed by atoms with Gasteiger partial charge in [0.1, 0.15) is 23.3 Å². The predicted molar refractivity (Wildman–Crippen MR) is 117 cm³/mol. The smallest absolute Gasteiger partial charge is 0.196 e. The van der Waals surface area contributed by atoms with Gasteiger partial charge < -0.3 is 0 Å². The maximum atomic E-state index is 13.5. The summed E-state index contributed by atoms with van der Waals surface area (Å²) < 4.78 is 42.0. The number of hydrogen-bond donors (Lipinski definition) is 0. The number of nitrogens with zero attached hydrogens (tertiary/aromatic N) is 3. The molecule has 0 radical (unpaired) electrons. The van der Waals surface area contributed by atoms with Crippen molar-refractivity contribution in [1.82, 2.24) is 14.8 Å². The van der Waals surface area contributed by atoms with Gasteiger partial charge in [-0.1, -0.05) is 47.1 Å². The van der Waals surface area contributed by atoms with Crippen LogP contribution in [0, 0.1) is 17.5 Å². The van der Waals surface area contributed by atoms with Crippen LogP contribution in [0.15, 0.2) is 65.8 Å². The highest BCUT2D eigenvalue weighted by atomic mass is 35.5. The van der Waals surface area contributed by atoms with Crippen LogP contribution in [0.4, 0.5) is 13.2 Å². The Balaban J connectivity index is 1.68.